The molecule has 0 radical (unpaired) electrons. The van der Waals surface area contributed by atoms with Gasteiger partial charge in [0, 0.05) is 13.4 Å². The summed E-state index contributed by atoms with van der Waals surface area (Å²) in [4.78, 5) is 11.5. The smallest absolute Gasteiger partial charge is 0.223 e. The molecule has 1 aromatic carbocycles. The lowest BCUT2D eigenvalue weighted by molar-refractivity contribution is -0.122. The van der Waals surface area contributed by atoms with Gasteiger partial charge in [0.1, 0.15) is 0 Å². The van der Waals surface area contributed by atoms with Crippen molar-refractivity contribution in [2.45, 2.75) is 38.6 Å². The van der Waals surface area contributed by atoms with Gasteiger partial charge in [0.05, 0.1) is 0 Å². The minimum absolute atomic E-state index is 0. The van der Waals surface area contributed by atoms with E-state index in [4.69, 9.17) is 0 Å². The predicted octanol–water partition coefficient (Wildman–Crippen LogP) is 3.73. The topological polar surface area (TPSA) is 29.1 Å². The monoisotopic (exact) mass is 269 g/mol. The summed E-state index contributed by atoms with van der Waals surface area (Å²) in [6.07, 6.45) is 10.9. The molecule has 1 heterocycles. The molecule has 1 aliphatic heterocycles. The van der Waals surface area contributed by atoms with Crippen LogP contribution in [0.15, 0.2) is 42.5 Å². The summed E-state index contributed by atoms with van der Waals surface area (Å²) in [7, 11) is 0. The van der Waals surface area contributed by atoms with Crippen LogP contribution >= 0.6 is 0 Å². The van der Waals surface area contributed by atoms with Gasteiger partial charge in [0.15, 0.2) is 0 Å². The second-order valence-electron chi connectivity index (χ2n) is 5.88. The standard InChI is InChI=1S/C18H21NO.H2/c1-13-11-17(19-18(13)20)12-14-7-9-16(10-8-14)15-5-3-2-4-6-15;/h3,5-10,13,17H,2,4,11-12H2,1H3,(H,19,20);1H/t13-,17+;/m1./s1. The molecule has 0 bridgehead atoms. The molecule has 0 spiro atoms. The number of carbonyl (C=O) groups excluding carboxylic acids is 1. The van der Waals surface area contributed by atoms with Crippen molar-refractivity contribution in [2.75, 3.05) is 0 Å². The Balaban J connectivity index is 0.00000161. The van der Waals surface area contributed by atoms with E-state index in [-0.39, 0.29) is 13.3 Å². The van der Waals surface area contributed by atoms with E-state index in [0.717, 1.165) is 25.7 Å². The highest BCUT2D eigenvalue weighted by Crippen LogP contribution is 2.23. The number of carbonyl (C=O) groups is 1. The van der Waals surface area contributed by atoms with Gasteiger partial charge in [-0.15, -0.1) is 0 Å². The summed E-state index contributed by atoms with van der Waals surface area (Å²) in [5, 5.41) is 3.07. The van der Waals surface area contributed by atoms with Gasteiger partial charge in [-0.3, -0.25) is 4.79 Å². The molecule has 20 heavy (non-hydrogen) atoms. The first-order valence-corrected chi connectivity index (χ1v) is 7.49. The second kappa shape index (κ2) is 5.66. The molecule has 1 amide bonds. The molecule has 1 saturated heterocycles. The Bertz CT molecular complexity index is 559. The van der Waals surface area contributed by atoms with Crippen molar-refractivity contribution in [3.8, 4) is 0 Å². The molecule has 0 unspecified atom stereocenters. The molecule has 3 rings (SSSR count). The number of allylic oxidation sites excluding steroid dienone is 4. The number of benzene rings is 1. The average Bonchev–Trinajstić information content (AvgIpc) is 2.79. The molecule has 1 fully saturated rings. The van der Waals surface area contributed by atoms with Crippen LogP contribution < -0.4 is 5.32 Å². The van der Waals surface area contributed by atoms with Gasteiger partial charge < -0.3 is 5.32 Å². The molecule has 2 atom stereocenters. The van der Waals surface area contributed by atoms with Crippen molar-refractivity contribution >= 4 is 11.5 Å². The van der Waals surface area contributed by atoms with E-state index in [1.807, 2.05) is 6.92 Å². The van der Waals surface area contributed by atoms with Crippen LogP contribution in [0, 0.1) is 5.92 Å². The summed E-state index contributed by atoms with van der Waals surface area (Å²) in [6.45, 7) is 2.00. The molecule has 2 aliphatic rings. The molecular formula is C18H23NO. The number of hydrogen-bond donors (Lipinski definition) is 1. The zero-order valence-corrected chi connectivity index (χ0v) is 11.9. The predicted molar refractivity (Wildman–Crippen MR) is 84.3 cm³/mol. The summed E-state index contributed by atoms with van der Waals surface area (Å²) in [5.41, 5.74) is 3.91. The highest BCUT2D eigenvalue weighted by atomic mass is 16.2. The van der Waals surface area contributed by atoms with Crippen molar-refractivity contribution in [1.29, 1.82) is 0 Å². The maximum atomic E-state index is 11.5. The Kier molecular flexibility index (Phi) is 3.72. The lowest BCUT2D eigenvalue weighted by Crippen LogP contribution is -2.27. The van der Waals surface area contributed by atoms with Crippen LogP contribution in [-0.4, -0.2) is 11.9 Å². The van der Waals surface area contributed by atoms with Crippen molar-refractivity contribution in [1.82, 2.24) is 5.32 Å². The Labute approximate surface area is 122 Å². The zero-order chi connectivity index (χ0) is 13.9. The average molecular weight is 269 g/mol. The maximum absolute atomic E-state index is 11.5. The maximum Gasteiger partial charge on any atom is 0.223 e. The zero-order valence-electron chi connectivity index (χ0n) is 11.9. The lowest BCUT2D eigenvalue weighted by Gasteiger charge is -2.11. The molecule has 1 aromatic rings. The fourth-order valence-corrected chi connectivity index (χ4v) is 3.02. The second-order valence-corrected chi connectivity index (χ2v) is 5.88. The van der Waals surface area contributed by atoms with Gasteiger partial charge in [-0.2, -0.15) is 0 Å². The van der Waals surface area contributed by atoms with Gasteiger partial charge in [-0.05, 0) is 42.4 Å². The van der Waals surface area contributed by atoms with Gasteiger partial charge in [-0.1, -0.05) is 49.4 Å². The molecule has 0 saturated carbocycles. The van der Waals surface area contributed by atoms with Crippen molar-refractivity contribution in [3.05, 3.63) is 53.6 Å². The van der Waals surface area contributed by atoms with Gasteiger partial charge in [0.2, 0.25) is 5.91 Å². The number of nitrogens with one attached hydrogen (secondary N) is 1. The van der Waals surface area contributed by atoms with Gasteiger partial charge in [0.25, 0.3) is 0 Å². The third-order valence-corrected chi connectivity index (χ3v) is 4.20. The van der Waals surface area contributed by atoms with Gasteiger partial charge in [-0.25, -0.2) is 0 Å². The van der Waals surface area contributed by atoms with Crippen molar-refractivity contribution < 1.29 is 6.22 Å². The van der Waals surface area contributed by atoms with Crippen molar-refractivity contribution in [2.24, 2.45) is 5.92 Å². The first kappa shape index (κ1) is 13.2. The van der Waals surface area contributed by atoms with Crippen LogP contribution in [0.3, 0.4) is 0 Å². The van der Waals surface area contributed by atoms with E-state index in [1.54, 1.807) is 0 Å². The number of hydrogen-bond acceptors (Lipinski definition) is 1. The van der Waals surface area contributed by atoms with E-state index in [2.05, 4.69) is 47.8 Å². The Hall–Kier alpha value is -1.83. The third-order valence-electron chi connectivity index (χ3n) is 4.20. The fraction of sp³-hybridized carbons (Fsp3) is 0.389. The molecule has 2 nitrogen and oxygen atoms in total. The highest BCUT2D eigenvalue weighted by Gasteiger charge is 2.27. The molecule has 0 aromatic heterocycles. The normalized spacial score (nSPS) is 25.4. The van der Waals surface area contributed by atoms with Gasteiger partial charge >= 0.3 is 0 Å². The summed E-state index contributed by atoms with van der Waals surface area (Å²) >= 11 is 0. The molecule has 1 N–H and O–H groups in total. The SMILES string of the molecule is C[C@@H]1C[C@@H](Cc2ccc(C3=CCCC=C3)cc2)NC1=O.[HH]. The van der Waals surface area contributed by atoms with Crippen LogP contribution in [-0.2, 0) is 11.2 Å². The summed E-state index contributed by atoms with van der Waals surface area (Å²) in [5.74, 6) is 0.362. The van der Waals surface area contributed by atoms with E-state index < -0.39 is 0 Å². The van der Waals surface area contributed by atoms with Crippen LogP contribution in [0.1, 0.15) is 38.7 Å². The molecular weight excluding hydrogens is 246 g/mol. The van der Waals surface area contributed by atoms with Crippen LogP contribution in [0.25, 0.3) is 5.57 Å². The molecule has 2 heteroatoms. The first-order valence-electron chi connectivity index (χ1n) is 7.49. The van der Waals surface area contributed by atoms with E-state index >= 15 is 0 Å². The summed E-state index contributed by atoms with van der Waals surface area (Å²) < 4.78 is 0. The highest BCUT2D eigenvalue weighted by molar-refractivity contribution is 5.80. The first-order chi connectivity index (χ1) is 9.72. The van der Waals surface area contributed by atoms with E-state index in [0.29, 0.717) is 6.04 Å². The summed E-state index contributed by atoms with van der Waals surface area (Å²) in [6, 6.07) is 9.06. The number of amides is 1. The Morgan fingerprint density at radius 1 is 1.25 bits per heavy atom. The van der Waals surface area contributed by atoms with E-state index in [1.165, 1.54) is 16.7 Å². The minimum Gasteiger partial charge on any atom is -0.353 e. The Morgan fingerprint density at radius 3 is 2.65 bits per heavy atom. The van der Waals surface area contributed by atoms with Crippen LogP contribution in [0.2, 0.25) is 0 Å². The molecule has 1 aliphatic carbocycles. The van der Waals surface area contributed by atoms with Crippen molar-refractivity contribution in [3.63, 3.8) is 0 Å². The largest absolute Gasteiger partial charge is 0.353 e. The quantitative estimate of drug-likeness (QED) is 0.890. The van der Waals surface area contributed by atoms with Crippen LogP contribution in [0.4, 0.5) is 0 Å². The third kappa shape index (κ3) is 2.84. The minimum atomic E-state index is 0. The molecule has 106 valence electrons. The Morgan fingerprint density at radius 2 is 2.05 bits per heavy atom. The van der Waals surface area contributed by atoms with Crippen LogP contribution in [0.5, 0.6) is 0 Å². The number of rotatable bonds is 3. The fourth-order valence-electron chi connectivity index (χ4n) is 3.02. The lowest BCUT2D eigenvalue weighted by atomic mass is 9.96. The van der Waals surface area contributed by atoms with E-state index in [9.17, 15) is 4.79 Å².